The van der Waals surface area contributed by atoms with E-state index >= 15 is 0 Å². The van der Waals surface area contributed by atoms with Gasteiger partial charge in [0.15, 0.2) is 0 Å². The second-order valence-corrected chi connectivity index (χ2v) is 9.05. The maximum absolute atomic E-state index is 13.1. The first-order valence-corrected chi connectivity index (χ1v) is 11.0. The summed E-state index contributed by atoms with van der Waals surface area (Å²) >= 11 is 12.5. The van der Waals surface area contributed by atoms with Crippen LogP contribution in [0.3, 0.4) is 0 Å². The molecule has 1 aromatic rings. The van der Waals surface area contributed by atoms with E-state index in [2.05, 4.69) is 11.8 Å². The molecule has 0 radical (unpaired) electrons. The van der Waals surface area contributed by atoms with Crippen LogP contribution in [-0.2, 0) is 11.3 Å². The molecule has 2 saturated heterocycles. The zero-order valence-electron chi connectivity index (χ0n) is 17.4. The van der Waals surface area contributed by atoms with Crippen molar-refractivity contribution in [2.45, 2.75) is 44.8 Å². The minimum absolute atomic E-state index is 0.274. The highest BCUT2D eigenvalue weighted by Crippen LogP contribution is 2.26. The van der Waals surface area contributed by atoms with E-state index in [0.29, 0.717) is 35.0 Å². The summed E-state index contributed by atoms with van der Waals surface area (Å²) in [6.45, 7) is 4.26. The second kappa shape index (κ2) is 8.29. The first kappa shape index (κ1) is 21.3. The lowest BCUT2D eigenvalue weighted by molar-refractivity contribution is -0.552. The summed E-state index contributed by atoms with van der Waals surface area (Å²) in [5, 5.41) is 1.11. The molecule has 4 rings (SSSR count). The molecule has 0 N–H and O–H groups in total. The van der Waals surface area contributed by atoms with Crippen LogP contribution in [0.2, 0.25) is 10.0 Å². The molecule has 1 aromatic carbocycles. The molecule has 2 unspecified atom stereocenters. The molecule has 0 aliphatic carbocycles. The smallest absolute Gasteiger partial charge is 0.289 e. The molecule has 3 heterocycles. The monoisotopic (exact) mass is 450 g/mol. The number of likely N-dealkylation sites (tertiary alicyclic amines) is 1. The molecule has 3 aliphatic rings. The number of halogens is 2. The molecule has 3 amide bonds. The van der Waals surface area contributed by atoms with Gasteiger partial charge in [0.25, 0.3) is 17.8 Å². The first-order valence-electron chi connectivity index (χ1n) is 10.2. The Kier molecular flexibility index (Phi) is 5.88. The number of rotatable bonds is 4. The van der Waals surface area contributed by atoms with E-state index in [1.165, 1.54) is 18.4 Å². The first-order chi connectivity index (χ1) is 14.3. The van der Waals surface area contributed by atoms with Gasteiger partial charge in [-0.2, -0.15) is 0 Å². The van der Waals surface area contributed by atoms with Crippen molar-refractivity contribution in [1.82, 2.24) is 14.7 Å². The Bertz CT molecular complexity index is 961. The number of fused-ring (bicyclic) bond motifs is 1. The molecule has 0 saturated carbocycles. The third kappa shape index (κ3) is 3.74. The van der Waals surface area contributed by atoms with Gasteiger partial charge in [0.1, 0.15) is 13.1 Å². The zero-order chi connectivity index (χ0) is 21.6. The maximum atomic E-state index is 13.1. The number of imide groups is 1. The zero-order valence-corrected chi connectivity index (χ0v) is 18.9. The lowest BCUT2D eigenvalue weighted by atomic mass is 10.0. The van der Waals surface area contributed by atoms with E-state index in [0.717, 1.165) is 35.7 Å². The summed E-state index contributed by atoms with van der Waals surface area (Å²) in [4.78, 5) is 35.3. The van der Waals surface area contributed by atoms with E-state index in [-0.39, 0.29) is 11.9 Å². The van der Waals surface area contributed by atoms with Crippen molar-refractivity contribution in [2.75, 3.05) is 27.2 Å². The molecule has 30 heavy (non-hydrogen) atoms. The number of carbonyl (C=O) groups excluding carboxylic acids is 2. The number of carbonyl (C=O) groups is 2. The third-order valence-electron chi connectivity index (χ3n) is 6.25. The van der Waals surface area contributed by atoms with Crippen molar-refractivity contribution in [3.05, 3.63) is 33.8 Å². The topological polar surface area (TPSA) is 59.2 Å². The van der Waals surface area contributed by atoms with E-state index < -0.39 is 6.04 Å². The van der Waals surface area contributed by atoms with E-state index in [1.807, 2.05) is 10.6 Å². The lowest BCUT2D eigenvalue weighted by Gasteiger charge is -2.32. The van der Waals surface area contributed by atoms with Crippen LogP contribution in [0, 0.1) is 0 Å². The fourth-order valence-electron chi connectivity index (χ4n) is 4.37. The van der Waals surface area contributed by atoms with E-state index in [1.54, 1.807) is 19.2 Å². The van der Waals surface area contributed by atoms with Gasteiger partial charge in [0.2, 0.25) is 0 Å². The van der Waals surface area contributed by atoms with Crippen LogP contribution in [0.1, 0.15) is 31.7 Å². The molecule has 9 heteroatoms. The van der Waals surface area contributed by atoms with Crippen LogP contribution >= 0.6 is 23.2 Å². The van der Waals surface area contributed by atoms with Crippen LogP contribution in [0.15, 0.2) is 23.2 Å². The summed E-state index contributed by atoms with van der Waals surface area (Å²) in [7, 11) is 3.17. The lowest BCUT2D eigenvalue weighted by Crippen LogP contribution is -2.61. The summed E-state index contributed by atoms with van der Waals surface area (Å²) in [5.41, 5.74) is 0.858. The van der Waals surface area contributed by atoms with Crippen LogP contribution in [0.5, 0.6) is 0 Å². The average molecular weight is 451 g/mol. The molecule has 7 nitrogen and oxygen atoms in total. The predicted octanol–water partition coefficient (Wildman–Crippen LogP) is 3.08. The second-order valence-electron chi connectivity index (χ2n) is 8.21. The summed E-state index contributed by atoms with van der Waals surface area (Å²) in [6, 6.07) is 4.81. The third-order valence-corrected chi connectivity index (χ3v) is 6.84. The van der Waals surface area contributed by atoms with Crippen LogP contribution < -0.4 is 0 Å². The van der Waals surface area contributed by atoms with Crippen LogP contribution in [-0.4, -0.2) is 82.2 Å². The number of piperidine rings is 1. The van der Waals surface area contributed by atoms with Crippen molar-refractivity contribution < 1.29 is 14.2 Å². The Hall–Kier alpha value is -1.96. The van der Waals surface area contributed by atoms with E-state index in [4.69, 9.17) is 28.2 Å². The van der Waals surface area contributed by atoms with Crippen molar-refractivity contribution in [3.8, 4) is 0 Å². The fourth-order valence-corrected chi connectivity index (χ4v) is 4.83. The predicted molar refractivity (Wildman–Crippen MR) is 117 cm³/mol. The number of hydrogen-bond donors (Lipinski definition) is 0. The Morgan fingerprint density at radius 1 is 1.17 bits per heavy atom. The minimum atomic E-state index is -0.639. The number of likely N-dealkylation sites (N-methyl/N-ethyl adjacent to an activating group) is 2. The normalized spacial score (nSPS) is 25.2. The Balaban J connectivity index is 1.73. The van der Waals surface area contributed by atoms with Crippen molar-refractivity contribution in [2.24, 2.45) is 4.99 Å². The Labute approximate surface area is 186 Å². The molecule has 2 atom stereocenters. The van der Waals surface area contributed by atoms with Gasteiger partial charge >= 0.3 is 11.9 Å². The van der Waals surface area contributed by atoms with Crippen molar-refractivity contribution >= 4 is 46.8 Å². The number of aliphatic imine (C=N–C) groups is 1. The highest BCUT2D eigenvalue weighted by atomic mass is 35.5. The summed E-state index contributed by atoms with van der Waals surface area (Å²) in [6.07, 6.45) is 3.53. The molecule has 160 valence electrons. The number of urea groups is 1. The molecule has 0 spiro atoms. The molecule has 3 aliphatic heterocycles. The van der Waals surface area contributed by atoms with Gasteiger partial charge in [0.05, 0.1) is 0 Å². The van der Waals surface area contributed by atoms with Crippen LogP contribution in [0.25, 0.3) is 0 Å². The number of nitrogens with zero attached hydrogens (tertiary/aromatic N) is 5. The van der Waals surface area contributed by atoms with Gasteiger partial charge in [-0.3, -0.25) is 19.5 Å². The number of hydrogen-bond acceptors (Lipinski definition) is 4. The highest BCUT2D eigenvalue weighted by molar-refractivity contribution is 6.35. The largest absolute Gasteiger partial charge is 0.333 e. The van der Waals surface area contributed by atoms with Crippen LogP contribution in [0.4, 0.5) is 4.79 Å². The van der Waals surface area contributed by atoms with Gasteiger partial charge < -0.3 is 0 Å². The average Bonchev–Trinajstić information content (AvgIpc) is 3.07. The Morgan fingerprint density at radius 3 is 2.63 bits per heavy atom. The van der Waals surface area contributed by atoms with Gasteiger partial charge in [-0.1, -0.05) is 35.7 Å². The van der Waals surface area contributed by atoms with Gasteiger partial charge in [-0.25, -0.2) is 9.37 Å². The summed E-state index contributed by atoms with van der Waals surface area (Å²) < 4.78 is 1.98. The SMILES string of the molecule is CC1CCCCN1CC1=[N+](Cc2ccc(Cl)cc2Cl)C2C(=O)N(C)C(=O)N(C)C2=N1. The minimum Gasteiger partial charge on any atom is -0.289 e. The molecular formula is C21H26Cl2N5O2+. The fraction of sp³-hybridized carbons (Fsp3) is 0.524. The number of benzene rings is 1. The molecule has 0 bridgehead atoms. The standard InChI is InChI=1S/C21H26Cl2N5O2/c1-13-6-4-5-9-27(13)12-17-24-19-18(20(29)26(3)21(30)25(19)2)28(17)11-14-7-8-15(22)10-16(14)23/h7-8,10,13,18H,4-6,9,11-12H2,1-3H3/q+1. The molecular weight excluding hydrogens is 425 g/mol. The molecule has 0 aromatic heterocycles. The maximum Gasteiger partial charge on any atom is 0.333 e. The van der Waals surface area contributed by atoms with Crippen molar-refractivity contribution in [3.63, 3.8) is 0 Å². The molecule has 2 fully saturated rings. The van der Waals surface area contributed by atoms with Gasteiger partial charge in [-0.05, 0) is 43.4 Å². The van der Waals surface area contributed by atoms with E-state index in [9.17, 15) is 9.59 Å². The number of amidine groups is 2. The summed E-state index contributed by atoms with van der Waals surface area (Å²) in [5.74, 6) is 0.995. The Morgan fingerprint density at radius 2 is 1.93 bits per heavy atom. The van der Waals surface area contributed by atoms with Gasteiger partial charge in [-0.15, -0.1) is 0 Å². The van der Waals surface area contributed by atoms with Gasteiger partial charge in [0, 0.05) is 35.7 Å². The quantitative estimate of drug-likeness (QED) is 0.662. The number of amides is 3. The van der Waals surface area contributed by atoms with Crippen molar-refractivity contribution in [1.29, 1.82) is 0 Å². The highest BCUT2D eigenvalue weighted by Gasteiger charge is 2.53.